The van der Waals surface area contributed by atoms with Crippen molar-refractivity contribution in [2.24, 2.45) is 5.73 Å². The summed E-state index contributed by atoms with van der Waals surface area (Å²) in [6, 6.07) is 5.16. The largest absolute Gasteiger partial charge is 0.508 e. The molecule has 28 heavy (non-hydrogen) atoms. The van der Waals surface area contributed by atoms with Gasteiger partial charge in [-0.25, -0.2) is 0 Å². The molecule has 0 heterocycles. The van der Waals surface area contributed by atoms with Gasteiger partial charge in [0.1, 0.15) is 18.3 Å². The molecule has 1 rings (SSSR count). The van der Waals surface area contributed by atoms with Crippen LogP contribution in [0.2, 0.25) is 0 Å². The number of nitrogens with two attached hydrogens (primary N) is 1. The third-order valence-electron chi connectivity index (χ3n) is 3.13. The van der Waals surface area contributed by atoms with Crippen LogP contribution < -0.4 is 16.4 Å². The van der Waals surface area contributed by atoms with Crippen LogP contribution in [0.25, 0.3) is 0 Å². The second-order valence-electron chi connectivity index (χ2n) is 6.01. The molecular formula is C20H35N3O5. The first-order valence-electron chi connectivity index (χ1n) is 9.52. The van der Waals surface area contributed by atoms with Gasteiger partial charge in [-0.05, 0) is 17.7 Å². The Morgan fingerprint density at radius 2 is 1.54 bits per heavy atom. The van der Waals surface area contributed by atoms with Crippen LogP contribution in [0.5, 0.6) is 5.75 Å². The van der Waals surface area contributed by atoms with Gasteiger partial charge in [-0.15, -0.1) is 0 Å². The molecule has 1 aromatic rings. The van der Waals surface area contributed by atoms with E-state index in [2.05, 4.69) is 38.3 Å². The van der Waals surface area contributed by atoms with Crippen LogP contribution in [0.4, 0.5) is 0 Å². The van der Waals surface area contributed by atoms with Crippen molar-refractivity contribution >= 4 is 17.8 Å². The predicted octanol–water partition coefficient (Wildman–Crippen LogP) is 1.80. The second-order valence-corrected chi connectivity index (χ2v) is 6.01. The second kappa shape index (κ2) is 17.8. The van der Waals surface area contributed by atoms with Crippen molar-refractivity contribution in [3.05, 3.63) is 29.8 Å². The Morgan fingerprint density at radius 3 is 1.93 bits per heavy atom. The maximum atomic E-state index is 11.9. The number of carboxylic acids is 1. The topological polar surface area (TPSA) is 142 Å². The van der Waals surface area contributed by atoms with Crippen molar-refractivity contribution in [2.45, 2.75) is 59.4 Å². The van der Waals surface area contributed by atoms with E-state index in [4.69, 9.17) is 10.8 Å². The maximum absolute atomic E-state index is 11.9. The van der Waals surface area contributed by atoms with Gasteiger partial charge in [0.05, 0.1) is 6.54 Å². The van der Waals surface area contributed by atoms with Gasteiger partial charge >= 0.3 is 5.97 Å². The summed E-state index contributed by atoms with van der Waals surface area (Å²) < 4.78 is 0. The number of phenols is 1. The summed E-state index contributed by atoms with van der Waals surface area (Å²) in [6.07, 6.45) is 4.04. The molecule has 0 aromatic heterocycles. The Balaban J connectivity index is 0. The molecule has 8 nitrogen and oxygen atoms in total. The highest BCUT2D eigenvalue weighted by Gasteiger charge is 2.21. The average Bonchev–Trinajstić information content (AvgIpc) is 2.67. The molecule has 0 saturated heterocycles. The molecule has 2 amide bonds. The van der Waals surface area contributed by atoms with Gasteiger partial charge in [-0.1, -0.05) is 59.1 Å². The highest BCUT2D eigenvalue weighted by atomic mass is 16.4. The lowest BCUT2D eigenvalue weighted by atomic mass is 10.0. The van der Waals surface area contributed by atoms with Gasteiger partial charge in [-0.3, -0.25) is 14.4 Å². The van der Waals surface area contributed by atoms with E-state index >= 15 is 0 Å². The minimum atomic E-state index is -1.18. The molecule has 0 aliphatic carbocycles. The fourth-order valence-corrected chi connectivity index (χ4v) is 1.62. The Hall–Kier alpha value is -2.61. The van der Waals surface area contributed by atoms with Crippen LogP contribution in [0.1, 0.15) is 52.5 Å². The highest BCUT2D eigenvalue weighted by Crippen LogP contribution is 2.11. The maximum Gasteiger partial charge on any atom is 0.322 e. The zero-order valence-electron chi connectivity index (χ0n) is 17.3. The summed E-state index contributed by atoms with van der Waals surface area (Å²) in [5, 5.41) is 22.4. The van der Waals surface area contributed by atoms with Crippen molar-refractivity contribution in [1.29, 1.82) is 0 Å². The monoisotopic (exact) mass is 397 g/mol. The number of rotatable bonds is 8. The predicted molar refractivity (Wildman–Crippen MR) is 110 cm³/mol. The van der Waals surface area contributed by atoms with Crippen LogP contribution in [-0.2, 0) is 20.8 Å². The fourth-order valence-electron chi connectivity index (χ4n) is 1.62. The number of benzene rings is 1. The average molecular weight is 398 g/mol. The molecule has 0 saturated carbocycles. The summed E-state index contributed by atoms with van der Waals surface area (Å²) in [5.74, 6) is -2.25. The number of carbonyl (C=O) groups is 3. The van der Waals surface area contributed by atoms with Crippen molar-refractivity contribution in [1.82, 2.24) is 10.6 Å². The number of carboxylic acid groups (broad SMARTS) is 1. The zero-order chi connectivity index (χ0) is 21.9. The van der Waals surface area contributed by atoms with E-state index < -0.39 is 30.4 Å². The van der Waals surface area contributed by atoms with Crippen LogP contribution >= 0.6 is 0 Å². The number of carbonyl (C=O) groups excluding carboxylic acids is 2. The first-order valence-corrected chi connectivity index (χ1v) is 9.52. The number of nitrogens with one attached hydrogen (secondary N) is 2. The SMILES string of the molecule is CCC.CCCC.NCC(=O)N[C@@H](Cc1ccc(O)cc1)C(=O)NCC(=O)O. The molecule has 0 unspecified atom stereocenters. The number of unbranched alkanes of at least 4 members (excludes halogenated alkanes) is 1. The van der Waals surface area contributed by atoms with Crippen molar-refractivity contribution in [3.63, 3.8) is 0 Å². The van der Waals surface area contributed by atoms with Gasteiger partial charge in [-0.2, -0.15) is 0 Å². The number of aromatic hydroxyl groups is 1. The van der Waals surface area contributed by atoms with Gasteiger partial charge in [0, 0.05) is 6.42 Å². The molecule has 0 aliphatic heterocycles. The number of hydrogen-bond acceptors (Lipinski definition) is 5. The number of amides is 2. The molecule has 8 heteroatoms. The van der Waals surface area contributed by atoms with Crippen LogP contribution in [-0.4, -0.2) is 47.1 Å². The summed E-state index contributed by atoms with van der Waals surface area (Å²) in [5.41, 5.74) is 5.88. The van der Waals surface area contributed by atoms with Crippen LogP contribution in [0, 0.1) is 0 Å². The quantitative estimate of drug-likeness (QED) is 0.453. The molecule has 1 atom stereocenters. The Kier molecular flexibility index (Phi) is 17.5. The molecule has 0 aliphatic rings. The number of aliphatic carboxylic acids is 1. The van der Waals surface area contributed by atoms with Crippen LogP contribution in [0.15, 0.2) is 24.3 Å². The lowest BCUT2D eigenvalue weighted by molar-refractivity contribution is -0.138. The smallest absolute Gasteiger partial charge is 0.322 e. The van der Waals surface area contributed by atoms with Gasteiger partial charge < -0.3 is 26.6 Å². The van der Waals surface area contributed by atoms with E-state index in [1.165, 1.54) is 31.4 Å². The molecule has 0 bridgehead atoms. The molecule has 160 valence electrons. The first-order chi connectivity index (χ1) is 13.2. The van der Waals surface area contributed by atoms with Gasteiger partial charge in [0.25, 0.3) is 0 Å². The molecule has 0 spiro atoms. The fraction of sp³-hybridized carbons (Fsp3) is 0.550. The Labute approximate surface area is 167 Å². The zero-order valence-corrected chi connectivity index (χ0v) is 17.3. The minimum absolute atomic E-state index is 0.0802. The van der Waals surface area contributed by atoms with Crippen molar-refractivity contribution in [3.8, 4) is 5.75 Å². The Bertz CT molecular complexity index is 559. The highest BCUT2D eigenvalue weighted by molar-refractivity contribution is 5.90. The molecule has 0 fully saturated rings. The summed E-state index contributed by atoms with van der Waals surface area (Å²) in [6.45, 7) is 7.79. The summed E-state index contributed by atoms with van der Waals surface area (Å²) in [4.78, 5) is 33.7. The summed E-state index contributed by atoms with van der Waals surface area (Å²) >= 11 is 0. The van der Waals surface area contributed by atoms with Crippen molar-refractivity contribution < 1.29 is 24.6 Å². The molecule has 6 N–H and O–H groups in total. The van der Waals surface area contributed by atoms with E-state index in [1.54, 1.807) is 12.1 Å². The van der Waals surface area contributed by atoms with E-state index in [1.807, 2.05) is 0 Å². The van der Waals surface area contributed by atoms with Gasteiger partial charge in [0.15, 0.2) is 0 Å². The lowest BCUT2D eigenvalue weighted by Gasteiger charge is -2.17. The number of hydrogen-bond donors (Lipinski definition) is 5. The summed E-state index contributed by atoms with van der Waals surface area (Å²) in [7, 11) is 0. The lowest BCUT2D eigenvalue weighted by Crippen LogP contribution is -2.50. The molecule has 1 aromatic carbocycles. The third-order valence-corrected chi connectivity index (χ3v) is 3.13. The van der Waals surface area contributed by atoms with E-state index in [0.717, 1.165) is 0 Å². The van der Waals surface area contributed by atoms with Gasteiger partial charge in [0.2, 0.25) is 11.8 Å². The van der Waals surface area contributed by atoms with E-state index in [9.17, 15) is 19.5 Å². The van der Waals surface area contributed by atoms with E-state index in [-0.39, 0.29) is 18.7 Å². The van der Waals surface area contributed by atoms with Crippen molar-refractivity contribution in [2.75, 3.05) is 13.1 Å². The molecular weight excluding hydrogens is 362 g/mol. The standard InChI is InChI=1S/C13H17N3O5.C4H10.C3H8/c14-6-11(18)16-10(13(21)15-7-12(19)20)5-8-1-3-9(17)4-2-8;1-3-4-2;1-3-2/h1-4,10,17H,5-7,14H2,(H,15,21)(H,16,18)(H,19,20);3-4H2,1-2H3;3H2,1-2H3/t10-;;/m0../s1. The van der Waals surface area contributed by atoms with E-state index in [0.29, 0.717) is 5.56 Å². The normalized spacial score (nSPS) is 10.3. The first kappa shape index (κ1) is 27.6. The number of phenolic OH excluding ortho intramolecular Hbond substituents is 1. The minimum Gasteiger partial charge on any atom is -0.508 e. The third kappa shape index (κ3) is 15.6. The van der Waals surface area contributed by atoms with Crippen LogP contribution in [0.3, 0.4) is 0 Å². The molecule has 0 radical (unpaired) electrons. The Morgan fingerprint density at radius 1 is 1.04 bits per heavy atom.